The van der Waals surface area contributed by atoms with Gasteiger partial charge in [0.05, 0.1) is 13.0 Å². The van der Waals surface area contributed by atoms with Crippen molar-refractivity contribution in [3.8, 4) is 0 Å². The van der Waals surface area contributed by atoms with Crippen molar-refractivity contribution in [3.05, 3.63) is 5.82 Å². The monoisotopic (exact) mass is 411 g/mol. The second-order valence-electron chi connectivity index (χ2n) is 5.76. The molecule has 14 nitrogen and oxygen atoms in total. The molecular formula is C12H18N3O11P. The quantitative estimate of drug-likeness (QED) is 0.191. The summed E-state index contributed by atoms with van der Waals surface area (Å²) in [6.07, 6.45) is -6.60. The van der Waals surface area contributed by atoms with Crippen LogP contribution < -0.4 is 10.8 Å². The number of carboxylic acids is 2. The number of hydrogen-bond acceptors (Lipinski definition) is 9. The number of imidazole rings is 1. The third-order valence-corrected chi connectivity index (χ3v) is 4.73. The molecule has 0 amide bonds. The minimum absolute atomic E-state index is 0.544. The second kappa shape index (κ2) is 7.90. The molecule has 1 saturated heterocycles. The van der Waals surface area contributed by atoms with Crippen LogP contribution in [0.1, 0.15) is 18.2 Å². The Hall–Kier alpha value is -2.06. The molecule has 0 bridgehead atoms. The number of aliphatic hydroxyl groups is 3. The molecule has 0 saturated carbocycles. The Bertz CT molecular complexity index is 762. The van der Waals surface area contributed by atoms with Crippen LogP contribution in [-0.2, 0) is 18.9 Å². The minimum atomic E-state index is -5.02. The molecule has 1 fully saturated rings. The lowest BCUT2D eigenvalue weighted by molar-refractivity contribution is -0.145. The first-order chi connectivity index (χ1) is 12.5. The fourth-order valence-corrected chi connectivity index (χ4v) is 3.14. The molecule has 0 radical (unpaired) electrons. The van der Waals surface area contributed by atoms with E-state index in [9.17, 15) is 34.2 Å². The molecule has 27 heavy (non-hydrogen) atoms. The first kappa shape index (κ1) is 21.2. The molecule has 15 heteroatoms. The second-order valence-corrected chi connectivity index (χ2v) is 7.29. The molecule has 0 aromatic carbocycles. The zero-order valence-corrected chi connectivity index (χ0v) is 14.4. The van der Waals surface area contributed by atoms with Gasteiger partial charge in [0, 0.05) is 0 Å². The van der Waals surface area contributed by atoms with E-state index in [1.54, 1.807) is 0 Å². The Balaban J connectivity index is 2.38. The first-order valence-electron chi connectivity index (χ1n) is 7.45. The summed E-state index contributed by atoms with van der Waals surface area (Å²) in [5.41, 5.74) is -0.855. The molecule has 0 spiro atoms. The smallest absolute Gasteiger partial charge is 0.376 e. The highest BCUT2D eigenvalue weighted by atomic mass is 31.2. The van der Waals surface area contributed by atoms with Crippen LogP contribution in [0.25, 0.3) is 0 Å². The Morgan fingerprint density at radius 3 is 2.33 bits per heavy atom. The zero-order chi connectivity index (χ0) is 20.5. The number of hydrogen-bond donors (Lipinski definition) is 9. The Morgan fingerprint density at radius 2 is 1.89 bits per heavy atom. The number of rotatable bonds is 8. The maximum atomic E-state index is 11.6. The summed E-state index contributed by atoms with van der Waals surface area (Å²) in [5, 5.41) is 48.9. The van der Waals surface area contributed by atoms with E-state index < -0.39 is 80.1 Å². The topological polar surface area (TPSA) is 243 Å². The molecule has 1 aromatic rings. The van der Waals surface area contributed by atoms with Crippen molar-refractivity contribution in [3.63, 3.8) is 0 Å². The maximum absolute atomic E-state index is 11.6. The van der Waals surface area contributed by atoms with Crippen molar-refractivity contribution in [2.45, 2.75) is 36.9 Å². The van der Waals surface area contributed by atoms with E-state index in [0.717, 1.165) is 0 Å². The number of H-pyrrole nitrogens is 1. The number of ether oxygens (including phenoxy) is 1. The molecule has 2 heterocycles. The molecule has 1 aromatic heterocycles. The van der Waals surface area contributed by atoms with E-state index >= 15 is 0 Å². The summed E-state index contributed by atoms with van der Waals surface area (Å²) >= 11 is 0. The van der Waals surface area contributed by atoms with Gasteiger partial charge in [0.1, 0.15) is 30.1 Å². The number of aliphatic carboxylic acids is 2. The van der Waals surface area contributed by atoms with Crippen LogP contribution in [0.2, 0.25) is 0 Å². The van der Waals surface area contributed by atoms with Crippen LogP contribution in [0.5, 0.6) is 0 Å². The van der Waals surface area contributed by atoms with Gasteiger partial charge in [-0.15, -0.1) is 0 Å². The van der Waals surface area contributed by atoms with Gasteiger partial charge in [0.2, 0.25) is 0 Å². The molecule has 0 aliphatic carbocycles. The van der Waals surface area contributed by atoms with Gasteiger partial charge in [-0.1, -0.05) is 0 Å². The summed E-state index contributed by atoms with van der Waals surface area (Å²) in [6, 6.07) is 0. The third-order valence-electron chi connectivity index (χ3n) is 3.82. The van der Waals surface area contributed by atoms with Crippen molar-refractivity contribution in [1.29, 1.82) is 0 Å². The van der Waals surface area contributed by atoms with Crippen LogP contribution >= 0.6 is 7.60 Å². The predicted octanol–water partition coefficient (Wildman–Crippen LogP) is -3.29. The molecular weight excluding hydrogens is 393 g/mol. The van der Waals surface area contributed by atoms with Crippen LogP contribution in [0.3, 0.4) is 0 Å². The van der Waals surface area contributed by atoms with Crippen LogP contribution in [0.4, 0.5) is 5.82 Å². The molecule has 5 atom stereocenters. The SMILES string of the molecule is O=C(O)CC(C(=O)O)c1nc(NC2O[C@H](CO)[C@@H](O)[C@H]2O)c(P(=O)(O)O)[nH]1. The van der Waals surface area contributed by atoms with Crippen molar-refractivity contribution in [2.24, 2.45) is 0 Å². The number of aromatic amines is 1. The van der Waals surface area contributed by atoms with Gasteiger partial charge < -0.3 is 50.4 Å². The van der Waals surface area contributed by atoms with E-state index in [4.69, 9.17) is 20.1 Å². The van der Waals surface area contributed by atoms with Crippen LogP contribution in [-0.4, -0.2) is 88.4 Å². The fourth-order valence-electron chi connectivity index (χ4n) is 2.49. The maximum Gasteiger partial charge on any atom is 0.376 e. The van der Waals surface area contributed by atoms with Gasteiger partial charge in [0.25, 0.3) is 0 Å². The number of aliphatic hydroxyl groups excluding tert-OH is 3. The predicted molar refractivity (Wildman–Crippen MR) is 84.3 cm³/mol. The van der Waals surface area contributed by atoms with Crippen molar-refractivity contribution in [2.75, 3.05) is 11.9 Å². The lowest BCUT2D eigenvalue weighted by Crippen LogP contribution is -2.37. The Kier molecular flexibility index (Phi) is 6.21. The summed E-state index contributed by atoms with van der Waals surface area (Å²) in [6.45, 7) is -0.646. The van der Waals surface area contributed by atoms with Crippen molar-refractivity contribution in [1.82, 2.24) is 9.97 Å². The number of carbonyl (C=O) groups is 2. The summed E-state index contributed by atoms with van der Waals surface area (Å²) in [4.78, 5) is 46.7. The number of nitrogens with one attached hydrogen (secondary N) is 2. The van der Waals surface area contributed by atoms with Gasteiger partial charge in [-0.05, 0) is 0 Å². The molecule has 2 unspecified atom stereocenters. The zero-order valence-electron chi connectivity index (χ0n) is 13.5. The number of nitrogens with zero attached hydrogens (tertiary/aromatic N) is 1. The van der Waals surface area contributed by atoms with Gasteiger partial charge in [-0.3, -0.25) is 14.2 Å². The molecule has 9 N–H and O–H groups in total. The lowest BCUT2D eigenvalue weighted by atomic mass is 10.1. The summed E-state index contributed by atoms with van der Waals surface area (Å²) in [5.74, 6) is -5.94. The molecule has 152 valence electrons. The standard InChI is InChI=1S/C12H18N3O11P/c16-2-4-6(19)7(20)10(26-4)14-9-11(27(23,24)25)15-8(13-9)3(12(21)22)1-5(17)18/h3-4,6-7,10,14,16,19-20H,1-2H2,(H,13,15)(H,17,18)(H,21,22)(H2,23,24,25)/t3?,4-,6-,7-,10?/m1/s1. The van der Waals surface area contributed by atoms with Crippen LogP contribution in [0, 0.1) is 0 Å². The number of carboxylic acid groups (broad SMARTS) is 2. The summed E-state index contributed by atoms with van der Waals surface area (Å²) < 4.78 is 16.8. The highest BCUT2D eigenvalue weighted by molar-refractivity contribution is 7.60. The van der Waals surface area contributed by atoms with E-state index in [1.807, 2.05) is 0 Å². The highest BCUT2D eigenvalue weighted by Crippen LogP contribution is 2.37. The van der Waals surface area contributed by atoms with Gasteiger partial charge in [-0.2, -0.15) is 0 Å². The van der Waals surface area contributed by atoms with E-state index in [1.165, 1.54) is 0 Å². The number of aromatic nitrogens is 2. The average Bonchev–Trinajstić information content (AvgIpc) is 3.08. The summed E-state index contributed by atoms with van der Waals surface area (Å²) in [7, 11) is -5.02. The van der Waals surface area contributed by atoms with Gasteiger partial charge >= 0.3 is 19.5 Å². The van der Waals surface area contributed by atoms with Gasteiger partial charge in [0.15, 0.2) is 17.5 Å². The Labute approximate surface area is 150 Å². The minimum Gasteiger partial charge on any atom is -0.481 e. The molecule has 2 rings (SSSR count). The normalized spacial score (nSPS) is 26.7. The number of anilines is 1. The van der Waals surface area contributed by atoms with Crippen molar-refractivity contribution >= 4 is 30.8 Å². The fraction of sp³-hybridized carbons (Fsp3) is 0.583. The third kappa shape index (κ3) is 4.62. The largest absolute Gasteiger partial charge is 0.481 e. The highest BCUT2D eigenvalue weighted by Gasteiger charge is 2.43. The lowest BCUT2D eigenvalue weighted by Gasteiger charge is -2.17. The molecule has 1 aliphatic heterocycles. The van der Waals surface area contributed by atoms with E-state index in [2.05, 4.69) is 15.3 Å². The first-order valence-corrected chi connectivity index (χ1v) is 9.06. The van der Waals surface area contributed by atoms with Crippen LogP contribution in [0.15, 0.2) is 0 Å². The van der Waals surface area contributed by atoms with E-state index in [0.29, 0.717) is 0 Å². The van der Waals surface area contributed by atoms with E-state index in [-0.39, 0.29) is 0 Å². The average molecular weight is 411 g/mol. The van der Waals surface area contributed by atoms with Crippen molar-refractivity contribution < 1.29 is 54.2 Å². The Morgan fingerprint density at radius 1 is 1.26 bits per heavy atom. The van der Waals surface area contributed by atoms with Gasteiger partial charge in [-0.25, -0.2) is 4.98 Å². The molecule has 1 aliphatic rings.